The number of likely N-dealkylation sites (N-methyl/N-ethyl adjacent to an activating group) is 1. The largest absolute Gasteiger partial charge is 0.462 e. The Kier molecular flexibility index (Phi) is 7.13. The number of amides is 1. The van der Waals surface area contributed by atoms with E-state index in [1.54, 1.807) is 18.9 Å². The van der Waals surface area contributed by atoms with Gasteiger partial charge in [0.15, 0.2) is 5.82 Å². The number of hydrogen-bond donors (Lipinski definition) is 1. The minimum absolute atomic E-state index is 0.109. The van der Waals surface area contributed by atoms with E-state index in [2.05, 4.69) is 15.5 Å². The van der Waals surface area contributed by atoms with Crippen LogP contribution in [0, 0.1) is 0 Å². The first-order chi connectivity index (χ1) is 14.0. The van der Waals surface area contributed by atoms with E-state index in [1.807, 2.05) is 29.8 Å². The fourth-order valence-corrected chi connectivity index (χ4v) is 4.45. The van der Waals surface area contributed by atoms with Gasteiger partial charge in [-0.05, 0) is 25.4 Å². The Balaban J connectivity index is 1.70. The molecule has 0 atom stereocenters. The fourth-order valence-electron chi connectivity index (χ4n) is 2.67. The highest BCUT2D eigenvalue weighted by Crippen LogP contribution is 2.38. The number of hydrogen-bond acceptors (Lipinski definition) is 9. The molecule has 0 unspecified atom stereocenters. The fraction of sp³-hybridized carbons (Fsp3) is 0.368. The van der Waals surface area contributed by atoms with Gasteiger partial charge in [0, 0.05) is 22.2 Å². The molecule has 1 amide bonds. The van der Waals surface area contributed by atoms with Crippen molar-refractivity contribution >= 4 is 39.6 Å². The van der Waals surface area contributed by atoms with Gasteiger partial charge >= 0.3 is 5.97 Å². The third-order valence-electron chi connectivity index (χ3n) is 3.96. The summed E-state index contributed by atoms with van der Waals surface area (Å²) in [4.78, 5) is 32.0. The molecule has 0 saturated heterocycles. The summed E-state index contributed by atoms with van der Waals surface area (Å²) in [5.41, 5.74) is 1.16. The van der Waals surface area contributed by atoms with Gasteiger partial charge in [0.05, 0.1) is 19.7 Å². The van der Waals surface area contributed by atoms with E-state index in [1.165, 1.54) is 22.7 Å². The van der Waals surface area contributed by atoms with Gasteiger partial charge in [-0.15, -0.1) is 22.7 Å². The Morgan fingerprint density at radius 1 is 1.31 bits per heavy atom. The molecule has 0 saturated carbocycles. The van der Waals surface area contributed by atoms with Gasteiger partial charge in [-0.3, -0.25) is 9.69 Å². The maximum atomic E-state index is 12.5. The molecule has 0 aromatic carbocycles. The Bertz CT molecular complexity index is 965. The number of rotatable bonds is 9. The molecule has 0 bridgehead atoms. The Morgan fingerprint density at radius 2 is 2.14 bits per heavy atom. The lowest BCUT2D eigenvalue weighted by molar-refractivity contribution is -0.117. The van der Waals surface area contributed by atoms with Crippen molar-refractivity contribution in [2.75, 3.05) is 25.5 Å². The number of carbonyl (C=O) groups excluding carboxylic acids is 2. The maximum Gasteiger partial charge on any atom is 0.341 e. The molecule has 3 heterocycles. The smallest absolute Gasteiger partial charge is 0.341 e. The lowest BCUT2D eigenvalue weighted by atomic mass is 10.1. The second-order valence-corrected chi connectivity index (χ2v) is 8.06. The van der Waals surface area contributed by atoms with Crippen molar-refractivity contribution in [3.05, 3.63) is 40.2 Å². The van der Waals surface area contributed by atoms with Gasteiger partial charge in [0.25, 0.3) is 0 Å². The molecule has 1 N–H and O–H groups in total. The summed E-state index contributed by atoms with van der Waals surface area (Å²) >= 11 is 2.84. The van der Waals surface area contributed by atoms with Crippen LogP contribution >= 0.6 is 22.7 Å². The zero-order chi connectivity index (χ0) is 20.8. The number of carbonyl (C=O) groups is 2. The Labute approximate surface area is 176 Å². The second-order valence-electron chi connectivity index (χ2n) is 6.23. The van der Waals surface area contributed by atoms with E-state index >= 15 is 0 Å². The number of anilines is 1. The number of aryl methyl sites for hydroxylation is 1. The third kappa shape index (κ3) is 5.28. The highest BCUT2D eigenvalue weighted by atomic mass is 32.1. The molecule has 0 aliphatic heterocycles. The van der Waals surface area contributed by atoms with Crippen LogP contribution in [-0.2, 0) is 22.5 Å². The Morgan fingerprint density at radius 3 is 2.79 bits per heavy atom. The number of nitrogens with one attached hydrogen (secondary N) is 1. The average molecular weight is 435 g/mol. The predicted molar refractivity (Wildman–Crippen MR) is 112 cm³/mol. The molecule has 0 aliphatic carbocycles. The predicted octanol–water partition coefficient (Wildman–Crippen LogP) is 3.67. The van der Waals surface area contributed by atoms with E-state index < -0.39 is 5.97 Å². The molecule has 154 valence electrons. The normalized spacial score (nSPS) is 11.0. The van der Waals surface area contributed by atoms with Gasteiger partial charge in [0.1, 0.15) is 10.6 Å². The van der Waals surface area contributed by atoms with Crippen molar-refractivity contribution in [1.29, 1.82) is 0 Å². The maximum absolute atomic E-state index is 12.5. The highest BCUT2D eigenvalue weighted by molar-refractivity contribution is 7.17. The number of esters is 1. The topological polar surface area (TPSA) is 97.6 Å². The van der Waals surface area contributed by atoms with Gasteiger partial charge in [-0.25, -0.2) is 4.79 Å². The summed E-state index contributed by atoms with van der Waals surface area (Å²) in [6.45, 7) is 4.43. The summed E-state index contributed by atoms with van der Waals surface area (Å²) in [5.74, 6) is 0.406. The van der Waals surface area contributed by atoms with E-state index in [0.29, 0.717) is 35.2 Å². The lowest BCUT2D eigenvalue weighted by Crippen LogP contribution is -2.30. The summed E-state index contributed by atoms with van der Waals surface area (Å²) in [5, 5.41) is 11.0. The standard InChI is InChI=1S/C19H22N4O4S2/c1-4-14-20-16(27-22-14)10-23(3)9-15(24)21-18-17(19(25)26-5-2)12(11-29-18)13-7-6-8-28-13/h6-8,11H,4-5,9-10H2,1-3H3,(H,21,24). The summed E-state index contributed by atoms with van der Waals surface area (Å²) in [6, 6.07) is 3.85. The van der Waals surface area contributed by atoms with Crippen LogP contribution < -0.4 is 5.32 Å². The zero-order valence-electron chi connectivity index (χ0n) is 16.4. The zero-order valence-corrected chi connectivity index (χ0v) is 18.1. The van der Waals surface area contributed by atoms with Crippen molar-refractivity contribution in [2.24, 2.45) is 0 Å². The monoisotopic (exact) mass is 434 g/mol. The van der Waals surface area contributed by atoms with Crippen LogP contribution in [-0.4, -0.2) is 47.1 Å². The summed E-state index contributed by atoms with van der Waals surface area (Å²) < 4.78 is 10.4. The molecular weight excluding hydrogens is 412 g/mol. The molecule has 10 heteroatoms. The molecule has 0 aliphatic rings. The number of aromatic nitrogens is 2. The van der Waals surface area contributed by atoms with Crippen LogP contribution in [0.4, 0.5) is 5.00 Å². The lowest BCUT2D eigenvalue weighted by Gasteiger charge is -2.14. The quantitative estimate of drug-likeness (QED) is 0.513. The number of ether oxygens (including phenoxy) is 1. The van der Waals surface area contributed by atoms with E-state index in [4.69, 9.17) is 9.26 Å². The first-order valence-electron chi connectivity index (χ1n) is 9.14. The van der Waals surface area contributed by atoms with Crippen molar-refractivity contribution < 1.29 is 18.8 Å². The van der Waals surface area contributed by atoms with Gasteiger partial charge < -0.3 is 14.6 Å². The molecule has 3 aromatic rings. The SMILES string of the molecule is CCOC(=O)c1c(-c2cccs2)csc1NC(=O)CN(C)Cc1nc(CC)no1. The first-order valence-corrected chi connectivity index (χ1v) is 10.9. The van der Waals surface area contributed by atoms with Crippen molar-refractivity contribution in [2.45, 2.75) is 26.8 Å². The third-order valence-corrected chi connectivity index (χ3v) is 5.75. The summed E-state index contributed by atoms with van der Waals surface area (Å²) in [6.07, 6.45) is 0.690. The molecule has 0 spiro atoms. The molecule has 3 rings (SSSR count). The van der Waals surface area contributed by atoms with Crippen molar-refractivity contribution in [3.8, 4) is 10.4 Å². The van der Waals surface area contributed by atoms with E-state index in [-0.39, 0.29) is 19.1 Å². The molecule has 29 heavy (non-hydrogen) atoms. The van der Waals surface area contributed by atoms with Gasteiger partial charge in [0.2, 0.25) is 11.8 Å². The molecule has 0 fully saturated rings. The minimum atomic E-state index is -0.446. The van der Waals surface area contributed by atoms with Gasteiger partial charge in [-0.1, -0.05) is 18.1 Å². The van der Waals surface area contributed by atoms with Crippen LogP contribution in [0.1, 0.15) is 35.9 Å². The summed E-state index contributed by atoms with van der Waals surface area (Å²) in [7, 11) is 1.78. The van der Waals surface area contributed by atoms with Crippen LogP contribution in [0.25, 0.3) is 10.4 Å². The molecule has 3 aromatic heterocycles. The van der Waals surface area contributed by atoms with Crippen molar-refractivity contribution in [3.63, 3.8) is 0 Å². The second kappa shape index (κ2) is 9.77. The number of thiophene rings is 2. The van der Waals surface area contributed by atoms with Crippen LogP contribution in [0.3, 0.4) is 0 Å². The molecule has 0 radical (unpaired) electrons. The molecule has 8 nitrogen and oxygen atoms in total. The molecular formula is C19H22N4O4S2. The average Bonchev–Trinajstić information content (AvgIpc) is 3.42. The van der Waals surface area contributed by atoms with E-state index in [9.17, 15) is 9.59 Å². The van der Waals surface area contributed by atoms with E-state index in [0.717, 1.165) is 10.4 Å². The first kappa shape index (κ1) is 21.2. The van der Waals surface area contributed by atoms with Crippen LogP contribution in [0.15, 0.2) is 27.4 Å². The number of nitrogens with zero attached hydrogens (tertiary/aromatic N) is 3. The highest BCUT2D eigenvalue weighted by Gasteiger charge is 2.23. The van der Waals surface area contributed by atoms with Crippen LogP contribution in [0.2, 0.25) is 0 Å². The van der Waals surface area contributed by atoms with Gasteiger partial charge in [-0.2, -0.15) is 4.98 Å². The van der Waals surface area contributed by atoms with Crippen LogP contribution in [0.5, 0.6) is 0 Å². The van der Waals surface area contributed by atoms with Crippen molar-refractivity contribution in [1.82, 2.24) is 15.0 Å². The minimum Gasteiger partial charge on any atom is -0.462 e. The Hall–Kier alpha value is -2.56.